The lowest BCUT2D eigenvalue weighted by atomic mass is 10.3. The number of para-hydroxylation sites is 1. The number of hydroxylamine groups is 1. The number of quaternary nitrogens is 1. The van der Waals surface area contributed by atoms with Crippen LogP contribution in [0.1, 0.15) is 0 Å². The maximum atomic E-state index is 9.75. The second kappa shape index (κ2) is 6.73. The van der Waals surface area contributed by atoms with Gasteiger partial charge in [0.05, 0.1) is 0 Å². The molecule has 11 heteroatoms. The van der Waals surface area contributed by atoms with Gasteiger partial charge in [0, 0.05) is 31.7 Å². The number of benzene rings is 1. The zero-order valence-electron chi connectivity index (χ0n) is 12.6. The predicted octanol–water partition coefficient (Wildman–Crippen LogP) is 3.29. The van der Waals surface area contributed by atoms with E-state index in [0.717, 1.165) is 11.4 Å². The zero-order valence-corrected chi connectivity index (χ0v) is 12.6. The lowest BCUT2D eigenvalue weighted by Crippen LogP contribution is -2.38. The first kappa shape index (κ1) is 17.9. The van der Waals surface area contributed by atoms with Gasteiger partial charge in [-0.3, -0.25) is 10.2 Å². The normalized spacial score (nSPS) is 20.1. The molecule has 0 saturated heterocycles. The fourth-order valence-corrected chi connectivity index (χ4v) is 1.67. The van der Waals surface area contributed by atoms with Crippen molar-refractivity contribution in [1.29, 1.82) is 0 Å². The van der Waals surface area contributed by atoms with Crippen molar-refractivity contribution < 1.29 is 21.8 Å². The highest BCUT2D eigenvalue weighted by molar-refractivity contribution is 6.50. The second-order valence-corrected chi connectivity index (χ2v) is 4.59. The Balaban J connectivity index is 0.000000422. The van der Waals surface area contributed by atoms with Gasteiger partial charge in [0.2, 0.25) is 0 Å². The van der Waals surface area contributed by atoms with Crippen molar-refractivity contribution >= 4 is 24.7 Å². The monoisotopic (exact) mass is 322 g/mol. The molecule has 22 heavy (non-hydrogen) atoms. The van der Waals surface area contributed by atoms with E-state index < -0.39 is 7.25 Å². The summed E-state index contributed by atoms with van der Waals surface area (Å²) in [4.78, 5) is 1.85. The van der Waals surface area contributed by atoms with Gasteiger partial charge in [-0.15, -0.1) is 0 Å². The van der Waals surface area contributed by atoms with E-state index in [1.54, 1.807) is 7.05 Å². The van der Waals surface area contributed by atoms with E-state index in [9.17, 15) is 17.3 Å². The van der Waals surface area contributed by atoms with Gasteiger partial charge in [0.25, 0.3) is 5.69 Å². The molecule has 1 N–H and O–H groups in total. The molecule has 1 atom stereocenters. The Kier molecular flexibility index (Phi) is 5.47. The summed E-state index contributed by atoms with van der Waals surface area (Å²) in [5.74, 6) is 0. The van der Waals surface area contributed by atoms with Crippen molar-refractivity contribution in [2.24, 2.45) is 10.3 Å². The van der Waals surface area contributed by atoms with Crippen LogP contribution in [0, 0.1) is 0 Å². The highest BCUT2D eigenvalue weighted by Gasteiger charge is 2.46. The molecule has 1 aliphatic rings. The van der Waals surface area contributed by atoms with E-state index in [0.29, 0.717) is 6.03 Å². The molecular weight excluding hydrogens is 305 g/mol. The quantitative estimate of drug-likeness (QED) is 0.357. The summed E-state index contributed by atoms with van der Waals surface area (Å²) in [6.45, 7) is 0. The number of urea groups is 1. The fraction of sp³-hybridized carbons (Fsp3) is 0.364. The maximum Gasteiger partial charge on any atom is 0.673 e. The van der Waals surface area contributed by atoms with Crippen molar-refractivity contribution in [2.45, 2.75) is 0 Å². The van der Waals surface area contributed by atoms with Gasteiger partial charge < -0.3 is 17.3 Å². The molecule has 0 bridgehead atoms. The summed E-state index contributed by atoms with van der Waals surface area (Å²) in [6.07, 6.45) is 0. The summed E-state index contributed by atoms with van der Waals surface area (Å²) in [6, 6.07) is 8.38. The van der Waals surface area contributed by atoms with Crippen molar-refractivity contribution in [2.75, 3.05) is 28.2 Å². The van der Waals surface area contributed by atoms with Gasteiger partial charge in [-0.2, -0.15) is 0 Å². The average Bonchev–Trinajstić information content (AvgIpc) is 2.73. The van der Waals surface area contributed by atoms with Gasteiger partial charge in [0.1, 0.15) is 5.22 Å². The third kappa shape index (κ3) is 4.99. The third-order valence-corrected chi connectivity index (χ3v) is 2.54. The first-order valence-electron chi connectivity index (χ1n) is 6.25. The van der Waals surface area contributed by atoms with Gasteiger partial charge in [-0.05, 0) is 6.07 Å². The van der Waals surface area contributed by atoms with Crippen LogP contribution in [0.3, 0.4) is 0 Å². The molecule has 122 valence electrons. The highest BCUT2D eigenvalue weighted by Crippen LogP contribution is 2.41. The number of halogens is 4. The molecule has 0 spiro atoms. The van der Waals surface area contributed by atoms with E-state index in [2.05, 4.69) is 15.7 Å². The zero-order chi connectivity index (χ0) is 17.0. The molecule has 1 aromatic rings. The minimum absolute atomic E-state index is 0.0372. The van der Waals surface area contributed by atoms with Gasteiger partial charge in [0.15, 0.2) is 17.5 Å². The van der Waals surface area contributed by atoms with Crippen LogP contribution < -0.4 is 10.1 Å². The van der Waals surface area contributed by atoms with Crippen LogP contribution in [0.15, 0.2) is 34.6 Å². The van der Waals surface area contributed by atoms with E-state index >= 15 is 0 Å². The topological polar surface area (TPSA) is 51.3 Å². The largest absolute Gasteiger partial charge is 0.673 e. The average molecular weight is 322 g/mol. The number of carbonyl (C=O) groups excluding carboxylic acids is 1. The molecule has 2 rings (SSSR count). The van der Waals surface area contributed by atoms with Crippen molar-refractivity contribution in [1.82, 2.24) is 15.0 Å². The highest BCUT2D eigenvalue weighted by atomic mass is 19.5. The SMILES string of the molecule is CNC(=[O+][N+]1(C)N=Nc2ccccc21)N(C)C.F[B-](F)(F)F. The molecule has 0 saturated carbocycles. The number of nitrogens with one attached hydrogen (secondary N) is 1. The molecule has 1 aliphatic heterocycles. The minimum atomic E-state index is -6.00. The Morgan fingerprint density at radius 1 is 1.23 bits per heavy atom. The summed E-state index contributed by atoms with van der Waals surface area (Å²) in [7, 11) is 1.45. The second-order valence-electron chi connectivity index (χ2n) is 4.59. The van der Waals surface area contributed by atoms with Crippen molar-refractivity contribution in [3.63, 3.8) is 0 Å². The maximum absolute atomic E-state index is 9.75. The number of rotatable bonds is 1. The molecule has 1 heterocycles. The van der Waals surface area contributed by atoms with Gasteiger partial charge >= 0.3 is 13.3 Å². The summed E-state index contributed by atoms with van der Waals surface area (Å²) >= 11 is 0. The molecule has 6 nitrogen and oxygen atoms in total. The predicted molar refractivity (Wildman–Crippen MR) is 77.0 cm³/mol. The summed E-state index contributed by atoms with van der Waals surface area (Å²) in [5.41, 5.74) is 1.76. The van der Waals surface area contributed by atoms with Gasteiger partial charge in [-0.1, -0.05) is 17.2 Å². The Hall–Kier alpha value is -2.17. The van der Waals surface area contributed by atoms with Crippen LogP contribution in [0.2, 0.25) is 0 Å². The molecular formula is C11H17BF4N5O+. The number of nitrogens with zero attached hydrogens (tertiary/aromatic N) is 4. The standard InChI is InChI=1S/C11H17N5O.BF4/c1-12-11(15(2)3)17-16(4)10-8-6-5-7-9(10)13-14-16;2-1(3,4)5/h5-8,12H,1-4H3;/q+2;-1. The Morgan fingerprint density at radius 3 is 2.27 bits per heavy atom. The molecule has 0 aromatic heterocycles. The lowest BCUT2D eigenvalue weighted by molar-refractivity contribution is -0.367. The third-order valence-electron chi connectivity index (χ3n) is 2.54. The molecule has 1 aromatic carbocycles. The van der Waals surface area contributed by atoms with Crippen molar-refractivity contribution in [3.05, 3.63) is 24.3 Å². The Morgan fingerprint density at radius 2 is 1.77 bits per heavy atom. The Labute approximate surface area is 125 Å². The molecule has 0 aliphatic carbocycles. The van der Waals surface area contributed by atoms with Crippen LogP contribution in [-0.4, -0.2) is 46.4 Å². The van der Waals surface area contributed by atoms with Crippen LogP contribution in [0.4, 0.5) is 33.2 Å². The molecule has 0 fully saturated rings. The molecule has 0 radical (unpaired) electrons. The Bertz CT molecular complexity index is 572. The number of hydrogen-bond acceptors (Lipinski definition) is 2. The van der Waals surface area contributed by atoms with Crippen LogP contribution in [0.25, 0.3) is 0 Å². The van der Waals surface area contributed by atoms with Gasteiger partial charge in [-0.25, -0.2) is 0 Å². The minimum Gasteiger partial charge on any atom is -0.418 e. The smallest absolute Gasteiger partial charge is 0.418 e. The van der Waals surface area contributed by atoms with Crippen molar-refractivity contribution in [3.8, 4) is 0 Å². The van der Waals surface area contributed by atoms with E-state index in [-0.39, 0.29) is 4.76 Å². The molecule has 2 amide bonds. The fourth-order valence-electron chi connectivity index (χ4n) is 1.67. The van der Waals surface area contributed by atoms with Crippen LogP contribution >= 0.6 is 0 Å². The van der Waals surface area contributed by atoms with E-state index in [4.69, 9.17) is 4.53 Å². The first-order valence-corrected chi connectivity index (χ1v) is 6.25. The van der Waals surface area contributed by atoms with Crippen LogP contribution in [0.5, 0.6) is 0 Å². The van der Waals surface area contributed by atoms with E-state index in [1.807, 2.05) is 50.3 Å². The van der Waals surface area contributed by atoms with E-state index in [1.165, 1.54) is 0 Å². The van der Waals surface area contributed by atoms with Crippen LogP contribution in [-0.2, 0) is 0 Å². The summed E-state index contributed by atoms with van der Waals surface area (Å²) < 4.78 is 44.8. The number of hydrogen-bond donors (Lipinski definition) is 1. The molecule has 1 unspecified atom stereocenters. The lowest BCUT2D eigenvalue weighted by Gasteiger charge is -2.07. The summed E-state index contributed by atoms with van der Waals surface area (Å²) in [5, 5.41) is 11.3. The number of amides is 2. The first-order chi connectivity index (χ1) is 10.1. The number of fused-ring (bicyclic) bond motifs is 1.